The lowest BCUT2D eigenvalue weighted by Gasteiger charge is -2.01. The monoisotopic (exact) mass is 300 g/mol. The fourth-order valence-electron chi connectivity index (χ4n) is 1.40. The third-order valence-corrected chi connectivity index (χ3v) is 3.94. The summed E-state index contributed by atoms with van der Waals surface area (Å²) in [4.78, 5) is 12.0. The molecule has 0 aliphatic carbocycles. The maximum absolute atomic E-state index is 10.8. The van der Waals surface area contributed by atoms with Crippen molar-refractivity contribution in [2.45, 2.75) is 13.5 Å². The van der Waals surface area contributed by atoms with Crippen molar-refractivity contribution in [2.75, 3.05) is 0 Å². The van der Waals surface area contributed by atoms with Gasteiger partial charge < -0.3 is 5.11 Å². The molecule has 84 valence electrons. The number of hydrogen-bond donors (Lipinski definition) is 1. The van der Waals surface area contributed by atoms with Crippen LogP contribution in [0.4, 0.5) is 0 Å². The molecule has 0 aliphatic heterocycles. The first-order valence-corrected chi connectivity index (χ1v) is 6.24. The highest BCUT2D eigenvalue weighted by Gasteiger charge is 2.13. The van der Waals surface area contributed by atoms with Gasteiger partial charge in [0, 0.05) is 14.7 Å². The van der Waals surface area contributed by atoms with Gasteiger partial charge in [-0.3, -0.25) is 4.68 Å². The van der Waals surface area contributed by atoms with E-state index < -0.39 is 5.97 Å². The number of carboxylic acids is 1. The number of rotatable bonds is 3. The van der Waals surface area contributed by atoms with Gasteiger partial charge in [-0.15, -0.1) is 11.3 Å². The van der Waals surface area contributed by atoms with Gasteiger partial charge in [-0.05, 0) is 28.9 Å². The number of halogens is 1. The van der Waals surface area contributed by atoms with Crippen LogP contribution in [0.3, 0.4) is 0 Å². The van der Waals surface area contributed by atoms with E-state index in [2.05, 4.69) is 21.0 Å². The summed E-state index contributed by atoms with van der Waals surface area (Å²) in [6.45, 7) is 2.37. The van der Waals surface area contributed by atoms with Crippen molar-refractivity contribution in [2.24, 2.45) is 0 Å². The summed E-state index contributed by atoms with van der Waals surface area (Å²) in [6, 6.07) is 2.01. The number of nitrogens with zero attached hydrogens (tertiary/aromatic N) is 2. The van der Waals surface area contributed by atoms with Crippen LogP contribution in [0.1, 0.15) is 20.9 Å². The molecule has 0 atom stereocenters. The SMILES string of the molecule is Cc1c(C(=O)O)cnn1Cc1cc(Br)cs1. The Kier molecular flexibility index (Phi) is 3.11. The molecule has 16 heavy (non-hydrogen) atoms. The first-order chi connectivity index (χ1) is 7.58. The van der Waals surface area contributed by atoms with Crippen molar-refractivity contribution < 1.29 is 9.90 Å². The number of thiophene rings is 1. The molecular weight excluding hydrogens is 292 g/mol. The number of hydrogen-bond acceptors (Lipinski definition) is 3. The van der Waals surface area contributed by atoms with Crippen LogP contribution in [0.5, 0.6) is 0 Å². The lowest BCUT2D eigenvalue weighted by atomic mass is 10.3. The maximum Gasteiger partial charge on any atom is 0.339 e. The highest BCUT2D eigenvalue weighted by Crippen LogP contribution is 2.21. The Balaban J connectivity index is 2.25. The molecule has 6 heteroatoms. The lowest BCUT2D eigenvalue weighted by Crippen LogP contribution is -2.04. The predicted octanol–water partition coefficient (Wildman–Crippen LogP) is 2.76. The maximum atomic E-state index is 10.8. The quantitative estimate of drug-likeness (QED) is 0.948. The van der Waals surface area contributed by atoms with Crippen LogP contribution in [-0.4, -0.2) is 20.9 Å². The molecule has 2 rings (SSSR count). The van der Waals surface area contributed by atoms with E-state index in [9.17, 15) is 4.79 Å². The minimum absolute atomic E-state index is 0.260. The lowest BCUT2D eigenvalue weighted by molar-refractivity contribution is 0.0696. The third kappa shape index (κ3) is 2.17. The molecule has 0 fully saturated rings. The van der Waals surface area contributed by atoms with Crippen LogP contribution in [0.25, 0.3) is 0 Å². The van der Waals surface area contributed by atoms with Gasteiger partial charge >= 0.3 is 5.97 Å². The molecule has 2 heterocycles. The molecule has 0 amide bonds. The van der Waals surface area contributed by atoms with Crippen LogP contribution >= 0.6 is 27.3 Å². The average molecular weight is 301 g/mol. The van der Waals surface area contributed by atoms with Crippen LogP contribution in [0, 0.1) is 6.92 Å². The smallest absolute Gasteiger partial charge is 0.339 e. The zero-order chi connectivity index (χ0) is 11.7. The van der Waals surface area contributed by atoms with Gasteiger partial charge in [-0.1, -0.05) is 0 Å². The number of carbonyl (C=O) groups is 1. The van der Waals surface area contributed by atoms with Crippen LogP contribution in [0.2, 0.25) is 0 Å². The standard InChI is InChI=1S/C10H9BrN2O2S/c1-6-9(10(14)15)3-12-13(6)4-8-2-7(11)5-16-8/h2-3,5H,4H2,1H3,(H,14,15). The molecule has 0 radical (unpaired) electrons. The summed E-state index contributed by atoms with van der Waals surface area (Å²) in [5.74, 6) is -0.934. The van der Waals surface area contributed by atoms with Crippen LogP contribution in [0.15, 0.2) is 22.1 Å². The zero-order valence-corrected chi connectivity index (χ0v) is 10.9. The first-order valence-electron chi connectivity index (χ1n) is 4.56. The summed E-state index contributed by atoms with van der Waals surface area (Å²) < 4.78 is 2.73. The minimum atomic E-state index is -0.934. The molecule has 0 bridgehead atoms. The van der Waals surface area contributed by atoms with Gasteiger partial charge in [0.25, 0.3) is 0 Å². The second-order valence-corrected chi connectivity index (χ2v) is 5.25. The number of aromatic nitrogens is 2. The Hall–Kier alpha value is -1.14. The van der Waals surface area contributed by atoms with Gasteiger partial charge in [-0.25, -0.2) is 4.79 Å². The minimum Gasteiger partial charge on any atom is -0.478 e. The fraction of sp³-hybridized carbons (Fsp3) is 0.200. The van der Waals surface area contributed by atoms with Crippen molar-refractivity contribution >= 4 is 33.2 Å². The van der Waals surface area contributed by atoms with E-state index in [0.717, 1.165) is 9.35 Å². The van der Waals surface area contributed by atoms with Crippen molar-refractivity contribution in [3.8, 4) is 0 Å². The molecule has 2 aromatic rings. The van der Waals surface area contributed by atoms with Crippen LogP contribution in [-0.2, 0) is 6.54 Å². The summed E-state index contributed by atoms with van der Waals surface area (Å²) in [7, 11) is 0. The molecule has 0 spiro atoms. The Labute approximate surface area is 105 Å². The Morgan fingerprint density at radius 1 is 1.69 bits per heavy atom. The second-order valence-electron chi connectivity index (χ2n) is 3.34. The molecule has 0 saturated carbocycles. The molecule has 0 saturated heterocycles. The normalized spacial score (nSPS) is 10.6. The molecule has 1 N–H and O–H groups in total. The highest BCUT2D eigenvalue weighted by atomic mass is 79.9. The Morgan fingerprint density at radius 2 is 2.44 bits per heavy atom. The largest absolute Gasteiger partial charge is 0.478 e. The van der Waals surface area contributed by atoms with Gasteiger partial charge in [0.1, 0.15) is 5.56 Å². The van der Waals surface area contributed by atoms with Gasteiger partial charge in [0.2, 0.25) is 0 Å². The summed E-state index contributed by atoms with van der Waals surface area (Å²) in [5, 5.41) is 15.0. The molecule has 0 aromatic carbocycles. The van der Waals surface area contributed by atoms with E-state index in [-0.39, 0.29) is 5.56 Å². The highest BCUT2D eigenvalue weighted by molar-refractivity contribution is 9.10. The van der Waals surface area contributed by atoms with E-state index in [0.29, 0.717) is 12.2 Å². The molecule has 0 aliphatic rings. The summed E-state index contributed by atoms with van der Waals surface area (Å²) in [5.41, 5.74) is 0.938. The van der Waals surface area contributed by atoms with Crippen molar-refractivity contribution in [1.29, 1.82) is 0 Å². The Morgan fingerprint density at radius 3 is 2.94 bits per heavy atom. The molecule has 2 aromatic heterocycles. The molecular formula is C10H9BrN2O2S. The molecule has 0 unspecified atom stereocenters. The van der Waals surface area contributed by atoms with Crippen LogP contribution < -0.4 is 0 Å². The summed E-state index contributed by atoms with van der Waals surface area (Å²) >= 11 is 4.99. The second kappa shape index (κ2) is 4.39. The van der Waals surface area contributed by atoms with Gasteiger partial charge in [-0.2, -0.15) is 5.10 Å². The van der Waals surface area contributed by atoms with Crippen molar-refractivity contribution in [3.05, 3.63) is 38.3 Å². The first kappa shape index (κ1) is 11.3. The topological polar surface area (TPSA) is 55.1 Å². The van der Waals surface area contributed by atoms with Gasteiger partial charge in [0.05, 0.1) is 18.4 Å². The van der Waals surface area contributed by atoms with Crippen molar-refractivity contribution in [3.63, 3.8) is 0 Å². The van der Waals surface area contributed by atoms with E-state index >= 15 is 0 Å². The Bertz CT molecular complexity index is 533. The van der Waals surface area contributed by atoms with Crippen molar-refractivity contribution in [1.82, 2.24) is 9.78 Å². The third-order valence-electron chi connectivity index (χ3n) is 2.26. The van der Waals surface area contributed by atoms with E-state index in [1.807, 2.05) is 11.4 Å². The number of aromatic carboxylic acids is 1. The predicted molar refractivity (Wildman–Crippen MR) is 65.0 cm³/mol. The van der Waals surface area contributed by atoms with Gasteiger partial charge in [0.15, 0.2) is 0 Å². The zero-order valence-electron chi connectivity index (χ0n) is 8.48. The summed E-state index contributed by atoms with van der Waals surface area (Å²) in [6.07, 6.45) is 1.39. The number of carboxylic acid groups (broad SMARTS) is 1. The van der Waals surface area contributed by atoms with E-state index in [1.54, 1.807) is 22.9 Å². The van der Waals surface area contributed by atoms with E-state index in [1.165, 1.54) is 6.20 Å². The average Bonchev–Trinajstić information content (AvgIpc) is 2.76. The fourth-order valence-corrected chi connectivity index (χ4v) is 2.83. The molecule has 4 nitrogen and oxygen atoms in total. The van der Waals surface area contributed by atoms with E-state index in [4.69, 9.17) is 5.11 Å².